The Balaban J connectivity index is 3.25. The third-order valence-corrected chi connectivity index (χ3v) is 2.00. The van der Waals surface area contributed by atoms with E-state index in [9.17, 15) is 4.39 Å². The van der Waals surface area contributed by atoms with Crippen LogP contribution in [-0.2, 0) is 0 Å². The molecule has 1 aromatic rings. The van der Waals surface area contributed by atoms with Crippen molar-refractivity contribution < 1.29 is 9.13 Å². The largest absolute Gasteiger partial charge is 0.494 e. The standard InChI is InChI=1S/C7H5Cl2FO/c1-11-5-3-2-4(8)6(9)7(5)10/h2-3H,1H3. The van der Waals surface area contributed by atoms with E-state index < -0.39 is 5.82 Å². The first-order valence-corrected chi connectivity index (χ1v) is 3.60. The number of hydrogen-bond donors (Lipinski definition) is 0. The van der Waals surface area contributed by atoms with Gasteiger partial charge in [-0.25, -0.2) is 4.39 Å². The van der Waals surface area contributed by atoms with Crippen LogP contribution in [-0.4, -0.2) is 7.11 Å². The first-order chi connectivity index (χ1) is 5.16. The van der Waals surface area contributed by atoms with Crippen molar-refractivity contribution in [1.29, 1.82) is 0 Å². The maximum atomic E-state index is 12.9. The van der Waals surface area contributed by atoms with Crippen molar-refractivity contribution in [2.75, 3.05) is 7.11 Å². The van der Waals surface area contributed by atoms with E-state index in [0.717, 1.165) is 0 Å². The van der Waals surface area contributed by atoms with Crippen molar-refractivity contribution in [3.63, 3.8) is 0 Å². The third kappa shape index (κ3) is 1.57. The normalized spacial score (nSPS) is 9.82. The molecule has 1 nitrogen and oxygen atoms in total. The summed E-state index contributed by atoms with van der Waals surface area (Å²) >= 11 is 11.0. The van der Waals surface area contributed by atoms with Gasteiger partial charge in [-0.15, -0.1) is 0 Å². The van der Waals surface area contributed by atoms with Crippen molar-refractivity contribution in [3.8, 4) is 5.75 Å². The molecule has 60 valence electrons. The van der Waals surface area contributed by atoms with Crippen LogP contribution in [0.4, 0.5) is 4.39 Å². The lowest BCUT2D eigenvalue weighted by molar-refractivity contribution is 0.386. The van der Waals surface area contributed by atoms with E-state index in [1.165, 1.54) is 19.2 Å². The van der Waals surface area contributed by atoms with Crippen LogP contribution in [0.5, 0.6) is 5.75 Å². The fourth-order valence-corrected chi connectivity index (χ4v) is 0.968. The van der Waals surface area contributed by atoms with Gasteiger partial charge in [-0.05, 0) is 12.1 Å². The highest BCUT2D eigenvalue weighted by Crippen LogP contribution is 2.30. The number of methoxy groups -OCH3 is 1. The lowest BCUT2D eigenvalue weighted by Gasteiger charge is -2.02. The van der Waals surface area contributed by atoms with Gasteiger partial charge in [0.2, 0.25) is 0 Å². The average molecular weight is 195 g/mol. The Hall–Kier alpha value is -0.470. The second-order valence-corrected chi connectivity index (χ2v) is 2.66. The maximum Gasteiger partial charge on any atom is 0.185 e. The van der Waals surface area contributed by atoms with Crippen LogP contribution in [0.3, 0.4) is 0 Å². The van der Waals surface area contributed by atoms with Crippen molar-refractivity contribution in [3.05, 3.63) is 28.0 Å². The van der Waals surface area contributed by atoms with Crippen LogP contribution in [0, 0.1) is 5.82 Å². The molecule has 11 heavy (non-hydrogen) atoms. The second kappa shape index (κ2) is 3.28. The summed E-state index contributed by atoms with van der Waals surface area (Å²) in [6.45, 7) is 0. The summed E-state index contributed by atoms with van der Waals surface area (Å²) in [5.41, 5.74) is 0. The molecule has 0 aromatic heterocycles. The summed E-state index contributed by atoms with van der Waals surface area (Å²) in [6.07, 6.45) is 0. The van der Waals surface area contributed by atoms with Crippen LogP contribution < -0.4 is 4.74 Å². The van der Waals surface area contributed by atoms with E-state index in [-0.39, 0.29) is 15.8 Å². The minimum atomic E-state index is -0.623. The zero-order chi connectivity index (χ0) is 8.43. The van der Waals surface area contributed by atoms with Crippen LogP contribution in [0.25, 0.3) is 0 Å². The second-order valence-electron chi connectivity index (χ2n) is 1.88. The lowest BCUT2D eigenvalue weighted by atomic mass is 10.3. The quantitative estimate of drug-likeness (QED) is 0.625. The van der Waals surface area contributed by atoms with E-state index in [0.29, 0.717) is 0 Å². The minimum Gasteiger partial charge on any atom is -0.494 e. The highest BCUT2D eigenvalue weighted by Gasteiger charge is 2.09. The Labute approximate surface area is 73.7 Å². The van der Waals surface area contributed by atoms with Crippen LogP contribution in [0.1, 0.15) is 0 Å². The summed E-state index contributed by atoms with van der Waals surface area (Å²) in [7, 11) is 1.36. The minimum absolute atomic E-state index is 0.0967. The van der Waals surface area contributed by atoms with Crippen LogP contribution in [0.2, 0.25) is 10.0 Å². The molecule has 0 radical (unpaired) electrons. The Bertz CT molecular complexity index is 275. The number of halogens is 3. The molecule has 1 rings (SSSR count). The molecule has 0 spiro atoms. The zero-order valence-corrected chi connectivity index (χ0v) is 7.21. The SMILES string of the molecule is COc1ccc(Cl)c(Cl)c1F. The fourth-order valence-electron chi connectivity index (χ4n) is 0.666. The molecule has 0 saturated heterocycles. The van der Waals surface area contributed by atoms with Crippen LogP contribution in [0.15, 0.2) is 12.1 Å². The highest BCUT2D eigenvalue weighted by molar-refractivity contribution is 6.42. The van der Waals surface area contributed by atoms with Crippen molar-refractivity contribution in [2.45, 2.75) is 0 Å². The number of rotatable bonds is 1. The Morgan fingerprint density at radius 2 is 2.00 bits per heavy atom. The molecule has 0 unspecified atom stereocenters. The third-order valence-electron chi connectivity index (χ3n) is 1.22. The van der Waals surface area contributed by atoms with Gasteiger partial charge in [0.05, 0.1) is 17.2 Å². The van der Waals surface area contributed by atoms with E-state index in [1.807, 2.05) is 0 Å². The summed E-state index contributed by atoms with van der Waals surface area (Å²) in [5, 5.41) is 0.0796. The molecule has 0 aliphatic rings. The predicted octanol–water partition coefficient (Wildman–Crippen LogP) is 3.14. The molecule has 0 bridgehead atoms. The Morgan fingerprint density at radius 1 is 1.36 bits per heavy atom. The molecule has 0 N–H and O–H groups in total. The van der Waals surface area contributed by atoms with Gasteiger partial charge >= 0.3 is 0 Å². The van der Waals surface area contributed by atoms with E-state index in [1.54, 1.807) is 0 Å². The monoisotopic (exact) mass is 194 g/mol. The molecular weight excluding hydrogens is 190 g/mol. The highest BCUT2D eigenvalue weighted by atomic mass is 35.5. The van der Waals surface area contributed by atoms with Gasteiger partial charge in [-0.2, -0.15) is 0 Å². The molecule has 0 atom stereocenters. The topological polar surface area (TPSA) is 9.23 Å². The molecule has 1 aromatic carbocycles. The van der Waals surface area contributed by atoms with Gasteiger partial charge in [0, 0.05) is 0 Å². The van der Waals surface area contributed by atoms with Crippen molar-refractivity contribution >= 4 is 23.2 Å². The zero-order valence-electron chi connectivity index (χ0n) is 5.70. The summed E-state index contributed by atoms with van der Waals surface area (Å²) in [6, 6.07) is 2.90. The van der Waals surface area contributed by atoms with Gasteiger partial charge < -0.3 is 4.74 Å². The molecule has 0 fully saturated rings. The van der Waals surface area contributed by atoms with Gasteiger partial charge in [0.15, 0.2) is 11.6 Å². The Kier molecular flexibility index (Phi) is 2.58. The molecule has 0 amide bonds. The first kappa shape index (κ1) is 8.62. The van der Waals surface area contributed by atoms with E-state index >= 15 is 0 Å². The molecule has 0 saturated carbocycles. The van der Waals surface area contributed by atoms with Gasteiger partial charge in [0.1, 0.15) is 0 Å². The number of hydrogen-bond acceptors (Lipinski definition) is 1. The lowest BCUT2D eigenvalue weighted by Crippen LogP contribution is -1.88. The van der Waals surface area contributed by atoms with Gasteiger partial charge in [-0.1, -0.05) is 23.2 Å². The summed E-state index contributed by atoms with van der Waals surface area (Å²) < 4.78 is 17.6. The number of ether oxygens (including phenoxy) is 1. The molecule has 4 heteroatoms. The Morgan fingerprint density at radius 3 is 2.55 bits per heavy atom. The van der Waals surface area contributed by atoms with E-state index in [4.69, 9.17) is 23.2 Å². The van der Waals surface area contributed by atoms with Crippen molar-refractivity contribution in [2.24, 2.45) is 0 Å². The maximum absolute atomic E-state index is 12.9. The first-order valence-electron chi connectivity index (χ1n) is 2.84. The summed E-state index contributed by atoms with van der Waals surface area (Å²) in [4.78, 5) is 0. The average Bonchev–Trinajstić information content (AvgIpc) is 2.01. The smallest absolute Gasteiger partial charge is 0.185 e. The van der Waals surface area contributed by atoms with Gasteiger partial charge in [0.25, 0.3) is 0 Å². The van der Waals surface area contributed by atoms with Crippen molar-refractivity contribution in [1.82, 2.24) is 0 Å². The van der Waals surface area contributed by atoms with E-state index in [2.05, 4.69) is 4.74 Å². The predicted molar refractivity (Wildman–Crippen MR) is 43.0 cm³/mol. The van der Waals surface area contributed by atoms with Gasteiger partial charge in [-0.3, -0.25) is 0 Å². The molecule has 0 heterocycles. The molecule has 0 aliphatic heterocycles. The number of benzene rings is 1. The fraction of sp³-hybridized carbons (Fsp3) is 0.143. The molecule has 0 aliphatic carbocycles. The van der Waals surface area contributed by atoms with Crippen LogP contribution >= 0.6 is 23.2 Å². The molecular formula is C7H5Cl2FO. The summed E-state index contributed by atoms with van der Waals surface area (Å²) in [5.74, 6) is -0.527.